The molecule has 9 nitrogen and oxygen atoms in total. The van der Waals surface area contributed by atoms with E-state index in [4.69, 9.17) is 33.5 Å². The van der Waals surface area contributed by atoms with E-state index in [0.717, 1.165) is 19.8 Å². The van der Waals surface area contributed by atoms with Gasteiger partial charge in [-0.3, -0.25) is 14.0 Å². The van der Waals surface area contributed by atoms with Crippen LogP contribution >= 0.6 is 23.8 Å². The van der Waals surface area contributed by atoms with Gasteiger partial charge in [0.25, 0.3) is 0 Å². The number of hydroxylamine groups is 1. The van der Waals surface area contributed by atoms with Gasteiger partial charge in [0, 0.05) is 25.5 Å². The Kier molecular flexibility index (Phi) is 6.01. The van der Waals surface area contributed by atoms with E-state index in [9.17, 15) is 14.0 Å². The maximum atomic E-state index is 14.8. The average molecular weight is 458 g/mol. The quantitative estimate of drug-likeness (QED) is 0.429. The van der Waals surface area contributed by atoms with Gasteiger partial charge < -0.3 is 4.84 Å². The first-order chi connectivity index (χ1) is 14.0. The highest BCUT2D eigenvalue weighted by molar-refractivity contribution is 7.71. The molecule has 0 amide bonds. The zero-order valence-electron chi connectivity index (χ0n) is 17.0. The SMILES string of the molecule is CON=C(C)C1(C)CC(c2cc(-n3c(=O)n(C)c(=S)n(C)c3=O)c(F)cc2Cl)NO1. The van der Waals surface area contributed by atoms with Crippen LogP contribution in [-0.2, 0) is 23.8 Å². The van der Waals surface area contributed by atoms with E-state index in [-0.39, 0.29) is 15.5 Å². The summed E-state index contributed by atoms with van der Waals surface area (Å²) in [5, 5.41) is 4.04. The molecular formula is C18H21ClFN5O4S. The fourth-order valence-corrected chi connectivity index (χ4v) is 3.71. The molecule has 1 aromatic carbocycles. The number of hydrogen-bond acceptors (Lipinski definition) is 7. The first-order valence-corrected chi connectivity index (χ1v) is 9.70. The van der Waals surface area contributed by atoms with E-state index in [1.807, 2.05) is 6.92 Å². The van der Waals surface area contributed by atoms with Crippen LogP contribution in [0.4, 0.5) is 4.39 Å². The Morgan fingerprint density at radius 3 is 2.53 bits per heavy atom. The van der Waals surface area contributed by atoms with Crippen molar-refractivity contribution in [3.8, 4) is 5.69 Å². The van der Waals surface area contributed by atoms with Crippen LogP contribution in [0.2, 0.25) is 5.02 Å². The summed E-state index contributed by atoms with van der Waals surface area (Å²) in [6.07, 6.45) is 0.405. The van der Waals surface area contributed by atoms with Gasteiger partial charge in [0.1, 0.15) is 18.5 Å². The Morgan fingerprint density at radius 1 is 1.37 bits per heavy atom. The standard InChI is InChI=1S/C18H21ClFN5O4S/c1-9(21-28-5)18(2)8-13(22-29-18)10-6-14(12(20)7-11(10)19)25-15(26)23(3)17(30)24(4)16(25)27/h6-7,13,22H,8H2,1-5H3. The van der Waals surface area contributed by atoms with Crippen molar-refractivity contribution in [2.75, 3.05) is 7.11 Å². The monoisotopic (exact) mass is 457 g/mol. The third-order valence-electron chi connectivity index (χ3n) is 5.23. The normalized spacial score (nSPS) is 21.8. The first kappa shape index (κ1) is 22.3. The lowest BCUT2D eigenvalue weighted by atomic mass is 9.91. The van der Waals surface area contributed by atoms with Crippen LogP contribution in [0.15, 0.2) is 26.9 Å². The summed E-state index contributed by atoms with van der Waals surface area (Å²) < 4.78 is 17.7. The molecule has 30 heavy (non-hydrogen) atoms. The molecule has 12 heteroatoms. The highest BCUT2D eigenvalue weighted by Crippen LogP contribution is 2.38. The summed E-state index contributed by atoms with van der Waals surface area (Å²) in [4.78, 5) is 35.9. The van der Waals surface area contributed by atoms with Gasteiger partial charge in [0.15, 0.2) is 4.77 Å². The summed E-state index contributed by atoms with van der Waals surface area (Å²) in [5.41, 5.74) is 1.37. The fourth-order valence-electron chi connectivity index (χ4n) is 3.27. The molecule has 1 aromatic heterocycles. The van der Waals surface area contributed by atoms with Crippen molar-refractivity contribution in [3.05, 3.63) is 54.3 Å². The highest BCUT2D eigenvalue weighted by Gasteiger charge is 2.41. The van der Waals surface area contributed by atoms with Crippen molar-refractivity contribution in [1.29, 1.82) is 0 Å². The van der Waals surface area contributed by atoms with Crippen molar-refractivity contribution >= 4 is 29.5 Å². The van der Waals surface area contributed by atoms with E-state index >= 15 is 0 Å². The molecule has 162 valence electrons. The average Bonchev–Trinajstić information content (AvgIpc) is 3.10. The maximum Gasteiger partial charge on any atom is 0.338 e. The molecule has 3 rings (SSSR count). The van der Waals surface area contributed by atoms with E-state index in [1.54, 1.807) is 6.92 Å². The lowest BCUT2D eigenvalue weighted by molar-refractivity contribution is -0.00228. The van der Waals surface area contributed by atoms with Crippen molar-refractivity contribution in [2.24, 2.45) is 19.3 Å². The number of benzene rings is 1. The molecular weight excluding hydrogens is 437 g/mol. The molecule has 1 saturated heterocycles. The molecule has 1 N–H and O–H groups in total. The topological polar surface area (TPSA) is 91.8 Å². The molecule has 2 atom stereocenters. The third kappa shape index (κ3) is 3.62. The second-order valence-electron chi connectivity index (χ2n) is 7.19. The van der Waals surface area contributed by atoms with Gasteiger partial charge in [-0.2, -0.15) is 5.48 Å². The molecule has 1 fully saturated rings. The van der Waals surface area contributed by atoms with E-state index in [2.05, 4.69) is 10.6 Å². The largest absolute Gasteiger partial charge is 0.399 e. The molecule has 2 unspecified atom stereocenters. The molecule has 0 bridgehead atoms. The van der Waals surface area contributed by atoms with Crippen molar-refractivity contribution in [1.82, 2.24) is 19.2 Å². The predicted octanol–water partition coefficient (Wildman–Crippen LogP) is 2.14. The molecule has 0 spiro atoms. The zero-order valence-corrected chi connectivity index (χ0v) is 18.6. The van der Waals surface area contributed by atoms with Crippen LogP contribution in [0.3, 0.4) is 0 Å². The molecule has 0 aliphatic carbocycles. The molecule has 2 aromatic rings. The second-order valence-corrected chi connectivity index (χ2v) is 7.97. The van der Waals surface area contributed by atoms with Gasteiger partial charge in [0.2, 0.25) is 0 Å². The van der Waals surface area contributed by atoms with Crippen LogP contribution in [0.25, 0.3) is 5.69 Å². The summed E-state index contributed by atoms with van der Waals surface area (Å²) in [5.74, 6) is -0.820. The number of rotatable bonds is 4. The van der Waals surface area contributed by atoms with E-state index in [1.165, 1.54) is 27.3 Å². The minimum absolute atomic E-state index is 0.0189. The van der Waals surface area contributed by atoms with Crippen molar-refractivity contribution in [2.45, 2.75) is 31.9 Å². The van der Waals surface area contributed by atoms with Gasteiger partial charge in [-0.25, -0.2) is 18.5 Å². The Morgan fingerprint density at radius 2 is 1.97 bits per heavy atom. The minimum atomic E-state index is -0.820. The Hall–Kier alpha value is -2.34. The first-order valence-electron chi connectivity index (χ1n) is 8.92. The summed E-state index contributed by atoms with van der Waals surface area (Å²) >= 11 is 11.4. The van der Waals surface area contributed by atoms with Gasteiger partial charge >= 0.3 is 11.4 Å². The number of nitrogens with one attached hydrogen (secondary N) is 1. The van der Waals surface area contributed by atoms with E-state index < -0.39 is 28.8 Å². The Bertz CT molecular complexity index is 1180. The summed E-state index contributed by atoms with van der Waals surface area (Å²) in [7, 11) is 4.25. The van der Waals surface area contributed by atoms with Crippen molar-refractivity contribution in [3.63, 3.8) is 0 Å². The Labute approximate surface area is 181 Å². The van der Waals surface area contributed by atoms with Gasteiger partial charge in [-0.05, 0) is 43.8 Å². The molecule has 0 radical (unpaired) electrons. The smallest absolute Gasteiger partial charge is 0.338 e. The summed E-state index contributed by atoms with van der Waals surface area (Å²) in [6, 6.07) is 1.97. The van der Waals surface area contributed by atoms with Crippen molar-refractivity contribution < 1.29 is 14.1 Å². The molecule has 0 saturated carbocycles. The van der Waals surface area contributed by atoms with E-state index in [0.29, 0.717) is 17.7 Å². The van der Waals surface area contributed by atoms with Gasteiger partial charge in [0.05, 0.1) is 17.4 Å². The third-order valence-corrected chi connectivity index (χ3v) is 6.10. The number of aromatic nitrogens is 3. The van der Waals surface area contributed by atoms with Crippen LogP contribution < -0.4 is 16.9 Å². The highest BCUT2D eigenvalue weighted by atomic mass is 35.5. The van der Waals surface area contributed by atoms with Gasteiger partial charge in [-0.1, -0.05) is 16.8 Å². The summed E-state index contributed by atoms with van der Waals surface area (Å²) in [6.45, 7) is 3.57. The van der Waals surface area contributed by atoms with Crippen LogP contribution in [-0.4, -0.2) is 32.1 Å². The minimum Gasteiger partial charge on any atom is -0.399 e. The van der Waals surface area contributed by atoms with Gasteiger partial charge in [-0.15, -0.1) is 0 Å². The fraction of sp³-hybridized carbons (Fsp3) is 0.444. The zero-order chi connectivity index (χ0) is 22.4. The maximum absolute atomic E-state index is 14.8. The van der Waals surface area contributed by atoms with Crippen LogP contribution in [0, 0.1) is 10.6 Å². The van der Waals surface area contributed by atoms with Crippen LogP contribution in [0.1, 0.15) is 31.9 Å². The number of hydrogen-bond donors (Lipinski definition) is 1. The molecule has 1 aliphatic heterocycles. The Balaban J connectivity index is 2.15. The number of halogens is 2. The lowest BCUT2D eigenvalue weighted by Gasteiger charge is -2.20. The number of nitrogens with zero attached hydrogens (tertiary/aromatic N) is 4. The molecule has 1 aliphatic rings. The van der Waals surface area contributed by atoms with Crippen LogP contribution in [0.5, 0.6) is 0 Å². The number of oxime groups is 1. The predicted molar refractivity (Wildman–Crippen MR) is 112 cm³/mol. The second kappa shape index (κ2) is 8.06. The molecule has 2 heterocycles. The lowest BCUT2D eigenvalue weighted by Crippen LogP contribution is -2.43.